The number of rotatable bonds is 6. The van der Waals surface area contributed by atoms with Gasteiger partial charge in [-0.1, -0.05) is 29.5 Å². The second-order valence-corrected chi connectivity index (χ2v) is 6.27. The number of ether oxygens (including phenoxy) is 1. The van der Waals surface area contributed by atoms with Crippen molar-refractivity contribution in [3.63, 3.8) is 0 Å². The summed E-state index contributed by atoms with van der Waals surface area (Å²) in [6, 6.07) is 14.0. The zero-order valence-electron chi connectivity index (χ0n) is 14.4. The molecule has 26 heavy (non-hydrogen) atoms. The zero-order valence-corrected chi connectivity index (χ0v) is 14.4. The molecule has 1 aliphatic rings. The number of benzene rings is 2. The van der Waals surface area contributed by atoms with Crippen molar-refractivity contribution in [2.45, 2.75) is 19.4 Å². The molecule has 0 radical (unpaired) electrons. The van der Waals surface area contributed by atoms with Crippen molar-refractivity contribution in [2.24, 2.45) is 0 Å². The predicted molar refractivity (Wildman–Crippen MR) is 98.0 cm³/mol. The van der Waals surface area contributed by atoms with E-state index in [1.165, 1.54) is 5.56 Å². The number of carbonyl (C=O) groups is 1. The first-order valence-electron chi connectivity index (χ1n) is 8.78. The third-order valence-electron chi connectivity index (χ3n) is 4.50. The van der Waals surface area contributed by atoms with Gasteiger partial charge in [-0.2, -0.15) is 0 Å². The fraction of sp³-hybridized carbons (Fsp3) is 0.250. The van der Waals surface area contributed by atoms with Crippen molar-refractivity contribution >= 4 is 5.91 Å². The molecule has 0 saturated heterocycles. The summed E-state index contributed by atoms with van der Waals surface area (Å²) in [5, 5.41) is 10.6. The van der Waals surface area contributed by atoms with Gasteiger partial charge in [0.05, 0.1) is 12.8 Å². The molecular weight excluding hydrogens is 328 g/mol. The largest absolute Gasteiger partial charge is 0.493 e. The highest BCUT2D eigenvalue weighted by Crippen LogP contribution is 2.31. The molecule has 0 fully saturated rings. The first kappa shape index (κ1) is 16.3. The average Bonchev–Trinajstić information content (AvgIpc) is 3.36. The Bertz CT molecular complexity index is 889. The van der Waals surface area contributed by atoms with Crippen LogP contribution >= 0.6 is 0 Å². The fourth-order valence-electron chi connectivity index (χ4n) is 3.06. The van der Waals surface area contributed by atoms with Gasteiger partial charge in [0.2, 0.25) is 0 Å². The van der Waals surface area contributed by atoms with Crippen LogP contribution in [0.1, 0.15) is 22.3 Å². The third-order valence-corrected chi connectivity index (χ3v) is 4.50. The monoisotopic (exact) mass is 348 g/mol. The van der Waals surface area contributed by atoms with Gasteiger partial charge in [-0.05, 0) is 41.3 Å². The highest BCUT2D eigenvalue weighted by atomic mass is 16.5. The van der Waals surface area contributed by atoms with Crippen LogP contribution in [0.25, 0.3) is 11.1 Å². The van der Waals surface area contributed by atoms with Gasteiger partial charge in [0, 0.05) is 31.3 Å². The quantitative estimate of drug-likeness (QED) is 0.696. The van der Waals surface area contributed by atoms with E-state index in [4.69, 9.17) is 4.74 Å². The summed E-state index contributed by atoms with van der Waals surface area (Å²) in [6.07, 6.45) is 5.24. The minimum Gasteiger partial charge on any atom is -0.493 e. The lowest BCUT2D eigenvalue weighted by Gasteiger charge is -2.08. The van der Waals surface area contributed by atoms with E-state index in [0.29, 0.717) is 12.1 Å². The first-order chi connectivity index (χ1) is 12.8. The van der Waals surface area contributed by atoms with Crippen LogP contribution in [0.4, 0.5) is 0 Å². The van der Waals surface area contributed by atoms with Gasteiger partial charge in [0.15, 0.2) is 0 Å². The van der Waals surface area contributed by atoms with Crippen LogP contribution in [0.5, 0.6) is 5.75 Å². The van der Waals surface area contributed by atoms with Crippen LogP contribution in [-0.2, 0) is 13.0 Å². The van der Waals surface area contributed by atoms with Crippen molar-refractivity contribution in [3.8, 4) is 16.9 Å². The van der Waals surface area contributed by atoms with Gasteiger partial charge in [-0.25, -0.2) is 0 Å². The number of hydrogen-bond acceptors (Lipinski definition) is 4. The predicted octanol–water partition coefficient (Wildman–Crippen LogP) is 2.70. The second kappa shape index (κ2) is 7.39. The van der Waals surface area contributed by atoms with Gasteiger partial charge < -0.3 is 10.1 Å². The van der Waals surface area contributed by atoms with Gasteiger partial charge in [0.25, 0.3) is 5.91 Å². The Hall–Kier alpha value is -3.15. The van der Waals surface area contributed by atoms with E-state index in [1.807, 2.05) is 30.5 Å². The Kier molecular flexibility index (Phi) is 4.64. The van der Waals surface area contributed by atoms with Crippen LogP contribution < -0.4 is 10.1 Å². The molecule has 2 aromatic carbocycles. The molecule has 6 heteroatoms. The molecular formula is C20H20N4O2. The van der Waals surface area contributed by atoms with Crippen molar-refractivity contribution < 1.29 is 9.53 Å². The Balaban J connectivity index is 1.34. The third kappa shape index (κ3) is 3.59. The smallest absolute Gasteiger partial charge is 0.251 e. The number of carbonyl (C=O) groups excluding carboxylic acids is 1. The maximum atomic E-state index is 12.2. The maximum absolute atomic E-state index is 12.2. The minimum atomic E-state index is -0.0626. The topological polar surface area (TPSA) is 69.0 Å². The lowest BCUT2D eigenvalue weighted by atomic mass is 10.0. The summed E-state index contributed by atoms with van der Waals surface area (Å²) in [5.41, 5.74) is 4.10. The summed E-state index contributed by atoms with van der Waals surface area (Å²) in [4.78, 5) is 12.2. The van der Waals surface area contributed by atoms with Crippen molar-refractivity contribution in [3.05, 3.63) is 66.0 Å². The van der Waals surface area contributed by atoms with E-state index in [2.05, 4.69) is 33.8 Å². The molecule has 0 aliphatic carbocycles. The Labute approximate surface area is 151 Å². The number of hydrogen-bond donors (Lipinski definition) is 1. The molecule has 132 valence electrons. The minimum absolute atomic E-state index is 0.0626. The molecule has 6 nitrogen and oxygen atoms in total. The van der Waals surface area contributed by atoms with Crippen LogP contribution in [0.2, 0.25) is 0 Å². The second-order valence-electron chi connectivity index (χ2n) is 6.27. The molecule has 0 saturated carbocycles. The van der Waals surface area contributed by atoms with Crippen LogP contribution in [0.15, 0.2) is 54.9 Å². The lowest BCUT2D eigenvalue weighted by Crippen LogP contribution is -2.25. The van der Waals surface area contributed by atoms with Crippen molar-refractivity contribution in [1.29, 1.82) is 0 Å². The molecule has 3 aromatic rings. The molecule has 0 atom stereocenters. The van der Waals surface area contributed by atoms with Crippen molar-refractivity contribution in [1.82, 2.24) is 20.3 Å². The van der Waals surface area contributed by atoms with Crippen molar-refractivity contribution in [2.75, 3.05) is 13.2 Å². The summed E-state index contributed by atoms with van der Waals surface area (Å²) in [5.74, 6) is 0.907. The van der Waals surface area contributed by atoms with Crippen LogP contribution in [0, 0.1) is 0 Å². The van der Waals surface area contributed by atoms with Gasteiger partial charge in [-0.3, -0.25) is 9.48 Å². The van der Waals surface area contributed by atoms with E-state index in [-0.39, 0.29) is 5.91 Å². The first-order valence-corrected chi connectivity index (χ1v) is 8.78. The average molecular weight is 348 g/mol. The number of aromatic nitrogens is 3. The number of nitrogens with one attached hydrogen (secondary N) is 1. The molecule has 0 spiro atoms. The maximum Gasteiger partial charge on any atom is 0.251 e. The molecule has 1 aliphatic heterocycles. The normalized spacial score (nSPS) is 12.5. The number of fused-ring (bicyclic) bond motifs is 1. The summed E-state index contributed by atoms with van der Waals surface area (Å²) >= 11 is 0. The van der Waals surface area contributed by atoms with Gasteiger partial charge in [0.1, 0.15) is 5.75 Å². The highest BCUT2D eigenvalue weighted by Gasteiger charge is 2.13. The molecule has 1 aromatic heterocycles. The Morgan fingerprint density at radius 3 is 2.81 bits per heavy atom. The standard InChI is InChI=1S/C20H20N4O2/c25-20(21-9-1-11-24-12-10-22-23-24)17-5-2-15(3-6-17)18-7-4-16-8-13-26-19(16)14-18/h2-7,10,12,14H,1,8-9,11,13H2,(H,21,25). The summed E-state index contributed by atoms with van der Waals surface area (Å²) in [7, 11) is 0. The highest BCUT2D eigenvalue weighted by molar-refractivity contribution is 5.94. The van der Waals surface area contributed by atoms with Gasteiger partial charge >= 0.3 is 0 Å². The Morgan fingerprint density at radius 1 is 1.15 bits per heavy atom. The number of nitrogens with zero attached hydrogens (tertiary/aromatic N) is 3. The van der Waals surface area contributed by atoms with E-state index in [0.717, 1.165) is 42.9 Å². The zero-order chi connectivity index (χ0) is 17.8. The molecule has 0 unspecified atom stereocenters. The SMILES string of the molecule is O=C(NCCCn1ccnn1)c1ccc(-c2ccc3c(c2)OCC3)cc1. The fourth-order valence-corrected chi connectivity index (χ4v) is 3.06. The molecule has 0 bridgehead atoms. The number of amides is 1. The molecule has 1 N–H and O–H groups in total. The van der Waals surface area contributed by atoms with Gasteiger partial charge in [-0.15, -0.1) is 5.10 Å². The Morgan fingerprint density at radius 2 is 2.00 bits per heavy atom. The van der Waals surface area contributed by atoms with Crippen LogP contribution in [0.3, 0.4) is 0 Å². The van der Waals surface area contributed by atoms with E-state index >= 15 is 0 Å². The molecule has 1 amide bonds. The molecule has 4 rings (SSSR count). The van der Waals surface area contributed by atoms with E-state index in [9.17, 15) is 4.79 Å². The number of aryl methyl sites for hydroxylation is 1. The molecule has 2 heterocycles. The summed E-state index contributed by atoms with van der Waals surface area (Å²) < 4.78 is 7.38. The lowest BCUT2D eigenvalue weighted by molar-refractivity contribution is 0.0952. The van der Waals surface area contributed by atoms with Crippen LogP contribution in [-0.4, -0.2) is 34.1 Å². The summed E-state index contributed by atoms with van der Waals surface area (Å²) in [6.45, 7) is 2.09. The van der Waals surface area contributed by atoms with E-state index < -0.39 is 0 Å². The van der Waals surface area contributed by atoms with E-state index in [1.54, 1.807) is 10.9 Å².